The summed E-state index contributed by atoms with van der Waals surface area (Å²) >= 11 is 0. The van der Waals surface area contributed by atoms with E-state index in [1.54, 1.807) is 7.11 Å². The number of primary amides is 1. The Morgan fingerprint density at radius 1 is 1.15 bits per heavy atom. The topological polar surface area (TPSA) is 128 Å². The molecule has 1 saturated heterocycles. The van der Waals surface area contributed by atoms with Gasteiger partial charge in [0.05, 0.1) is 33.5 Å². The first kappa shape index (κ1) is 22.2. The molecule has 0 radical (unpaired) electrons. The fraction of sp³-hybridized carbons (Fsp3) is 0.435. The van der Waals surface area contributed by atoms with E-state index in [1.165, 1.54) is 12.4 Å². The number of amidine groups is 2. The van der Waals surface area contributed by atoms with Gasteiger partial charge in [0.25, 0.3) is 5.91 Å². The summed E-state index contributed by atoms with van der Waals surface area (Å²) in [4.78, 5) is 34.3. The van der Waals surface area contributed by atoms with Crippen molar-refractivity contribution in [3.63, 3.8) is 0 Å². The van der Waals surface area contributed by atoms with Crippen molar-refractivity contribution in [1.82, 2.24) is 19.8 Å². The summed E-state index contributed by atoms with van der Waals surface area (Å²) in [6.07, 6.45) is 3.83. The molecule has 34 heavy (non-hydrogen) atoms. The average Bonchev–Trinajstić information content (AvgIpc) is 3.36. The van der Waals surface area contributed by atoms with E-state index < -0.39 is 5.91 Å². The van der Waals surface area contributed by atoms with Crippen LogP contribution in [0.15, 0.2) is 34.5 Å². The van der Waals surface area contributed by atoms with E-state index in [4.69, 9.17) is 24.9 Å². The third kappa shape index (κ3) is 4.19. The number of hydrogen-bond acceptors (Lipinski definition) is 10. The fourth-order valence-corrected chi connectivity index (χ4v) is 4.36. The van der Waals surface area contributed by atoms with Crippen molar-refractivity contribution in [3.05, 3.63) is 41.5 Å². The van der Waals surface area contributed by atoms with Gasteiger partial charge in [0.1, 0.15) is 17.2 Å². The first-order valence-corrected chi connectivity index (χ1v) is 11.3. The minimum atomic E-state index is -0.668. The number of rotatable bonds is 8. The first-order chi connectivity index (χ1) is 16.7. The normalized spacial score (nSPS) is 17.5. The molecule has 11 nitrogen and oxygen atoms in total. The van der Waals surface area contributed by atoms with Gasteiger partial charge in [-0.3, -0.25) is 14.7 Å². The Labute approximate surface area is 197 Å². The molecule has 11 heteroatoms. The van der Waals surface area contributed by atoms with Crippen molar-refractivity contribution in [1.29, 1.82) is 0 Å². The molecule has 1 amide bonds. The maximum atomic E-state index is 12.0. The number of carbonyl (C=O) groups is 1. The molecule has 2 N–H and O–H groups in total. The molecule has 1 aromatic carbocycles. The molecule has 3 aliphatic heterocycles. The maximum absolute atomic E-state index is 12.0. The molecule has 3 aliphatic rings. The van der Waals surface area contributed by atoms with Gasteiger partial charge in [-0.2, -0.15) is 0 Å². The van der Waals surface area contributed by atoms with Crippen molar-refractivity contribution in [2.45, 2.75) is 6.42 Å². The average molecular weight is 466 g/mol. The number of fused-ring (bicyclic) bond motifs is 3. The zero-order valence-corrected chi connectivity index (χ0v) is 19.1. The third-order valence-corrected chi connectivity index (χ3v) is 5.98. The van der Waals surface area contributed by atoms with Crippen LogP contribution >= 0.6 is 0 Å². The Morgan fingerprint density at radius 3 is 2.76 bits per heavy atom. The molecule has 5 rings (SSSR count). The van der Waals surface area contributed by atoms with Gasteiger partial charge >= 0.3 is 0 Å². The predicted octanol–water partition coefficient (Wildman–Crippen LogP) is 0.839. The molecular weight excluding hydrogens is 438 g/mol. The molecular formula is C23H27N7O4. The van der Waals surface area contributed by atoms with E-state index in [0.29, 0.717) is 48.4 Å². The highest BCUT2D eigenvalue weighted by atomic mass is 16.5. The maximum Gasteiger partial charge on any atom is 0.269 e. The number of methoxy groups -OCH3 is 1. The van der Waals surface area contributed by atoms with Crippen LogP contribution in [0.4, 0.5) is 5.69 Å². The molecule has 0 bridgehead atoms. The molecule has 0 spiro atoms. The number of amides is 1. The number of carbonyl (C=O) groups excluding carboxylic acids is 1. The SMILES string of the molecule is COc1c(OCCCN2CCOCC2)ccc2c1N=C(c1nccnc1C(N)=O)N1CCN=C21. The minimum Gasteiger partial charge on any atom is -0.491 e. The zero-order chi connectivity index (χ0) is 23.5. The first-order valence-electron chi connectivity index (χ1n) is 11.3. The molecule has 0 aliphatic carbocycles. The molecule has 0 saturated carbocycles. The number of aromatic nitrogens is 2. The highest BCUT2D eigenvalue weighted by Gasteiger charge is 2.35. The van der Waals surface area contributed by atoms with Crippen molar-refractivity contribution in [2.24, 2.45) is 15.7 Å². The van der Waals surface area contributed by atoms with Gasteiger partial charge in [-0.25, -0.2) is 15.0 Å². The summed E-state index contributed by atoms with van der Waals surface area (Å²) in [5.74, 6) is 1.66. The molecule has 178 valence electrons. The highest BCUT2D eigenvalue weighted by Crippen LogP contribution is 2.44. The predicted molar refractivity (Wildman–Crippen MR) is 125 cm³/mol. The quantitative estimate of drug-likeness (QED) is 0.568. The number of morpholine rings is 1. The van der Waals surface area contributed by atoms with Gasteiger partial charge in [0.2, 0.25) is 0 Å². The standard InChI is InChI=1S/C23H27N7O4/c1-32-20-16(34-12-2-8-29-10-13-33-14-11-29)4-3-15-17(20)28-23(30-9-7-27-22(15)30)19-18(21(24)31)25-5-6-26-19/h3-6H,2,7-14H2,1H3,(H2,24,31). The third-order valence-electron chi connectivity index (χ3n) is 5.98. The van der Waals surface area contributed by atoms with E-state index in [0.717, 1.165) is 50.7 Å². The van der Waals surface area contributed by atoms with Gasteiger partial charge < -0.3 is 24.8 Å². The molecule has 4 heterocycles. The van der Waals surface area contributed by atoms with Crippen LogP contribution < -0.4 is 15.2 Å². The molecule has 0 unspecified atom stereocenters. The number of aliphatic imine (C=N–C) groups is 2. The van der Waals surface area contributed by atoms with E-state index in [9.17, 15) is 4.79 Å². The summed E-state index contributed by atoms with van der Waals surface area (Å²) in [5, 5.41) is 0. The summed E-state index contributed by atoms with van der Waals surface area (Å²) in [6.45, 7) is 6.18. The number of ether oxygens (including phenoxy) is 3. The van der Waals surface area contributed by atoms with Gasteiger partial charge in [-0.05, 0) is 18.6 Å². The second-order valence-electron chi connectivity index (χ2n) is 8.06. The van der Waals surface area contributed by atoms with Crippen LogP contribution in [0.2, 0.25) is 0 Å². The number of nitrogens with zero attached hydrogens (tertiary/aromatic N) is 6. The van der Waals surface area contributed by atoms with Crippen molar-refractivity contribution in [2.75, 3.05) is 59.7 Å². The van der Waals surface area contributed by atoms with E-state index in [1.807, 2.05) is 17.0 Å². The Balaban J connectivity index is 1.45. The van der Waals surface area contributed by atoms with Crippen molar-refractivity contribution in [3.8, 4) is 11.5 Å². The molecule has 0 atom stereocenters. The lowest BCUT2D eigenvalue weighted by Crippen LogP contribution is -2.39. The van der Waals surface area contributed by atoms with Crippen molar-refractivity contribution < 1.29 is 19.0 Å². The van der Waals surface area contributed by atoms with Gasteiger partial charge in [-0.1, -0.05) is 0 Å². The molecule has 1 aromatic heterocycles. The highest BCUT2D eigenvalue weighted by molar-refractivity contribution is 6.22. The van der Waals surface area contributed by atoms with Crippen LogP contribution in [0.3, 0.4) is 0 Å². The molecule has 1 fully saturated rings. The Hall–Kier alpha value is -3.57. The van der Waals surface area contributed by atoms with Gasteiger partial charge in [-0.15, -0.1) is 0 Å². The summed E-state index contributed by atoms with van der Waals surface area (Å²) in [5.41, 5.74) is 7.35. The van der Waals surface area contributed by atoms with Crippen molar-refractivity contribution >= 4 is 23.3 Å². The molecule has 2 aromatic rings. The second-order valence-corrected chi connectivity index (χ2v) is 8.06. The van der Waals surface area contributed by atoms with E-state index in [2.05, 4.69) is 19.9 Å². The van der Waals surface area contributed by atoms with Gasteiger partial charge in [0, 0.05) is 44.1 Å². The Kier molecular flexibility index (Phi) is 6.37. The van der Waals surface area contributed by atoms with Crippen LogP contribution in [0.5, 0.6) is 11.5 Å². The fourth-order valence-electron chi connectivity index (χ4n) is 4.36. The van der Waals surface area contributed by atoms with Crippen LogP contribution in [0.25, 0.3) is 0 Å². The number of hydrogen-bond donors (Lipinski definition) is 1. The lowest BCUT2D eigenvalue weighted by Gasteiger charge is -2.29. The van der Waals surface area contributed by atoms with Crippen LogP contribution in [0, 0.1) is 0 Å². The van der Waals surface area contributed by atoms with E-state index >= 15 is 0 Å². The number of benzene rings is 1. The van der Waals surface area contributed by atoms with Crippen LogP contribution in [-0.2, 0) is 4.74 Å². The zero-order valence-electron chi connectivity index (χ0n) is 19.1. The lowest BCUT2D eigenvalue weighted by atomic mass is 10.1. The Bertz CT molecular complexity index is 1140. The Morgan fingerprint density at radius 2 is 1.97 bits per heavy atom. The van der Waals surface area contributed by atoms with Crippen LogP contribution in [-0.4, -0.2) is 97.0 Å². The van der Waals surface area contributed by atoms with E-state index in [-0.39, 0.29) is 5.69 Å². The monoisotopic (exact) mass is 465 g/mol. The second kappa shape index (κ2) is 9.74. The largest absolute Gasteiger partial charge is 0.491 e. The summed E-state index contributed by atoms with van der Waals surface area (Å²) in [7, 11) is 1.59. The smallest absolute Gasteiger partial charge is 0.269 e. The summed E-state index contributed by atoms with van der Waals surface area (Å²) < 4.78 is 17.2. The van der Waals surface area contributed by atoms with Crippen LogP contribution in [0.1, 0.15) is 28.2 Å². The lowest BCUT2D eigenvalue weighted by molar-refractivity contribution is 0.0357. The minimum absolute atomic E-state index is 0.0606. The summed E-state index contributed by atoms with van der Waals surface area (Å²) in [6, 6.07) is 3.83. The van der Waals surface area contributed by atoms with Gasteiger partial charge in [0.15, 0.2) is 23.0 Å². The number of nitrogens with two attached hydrogens (primary N) is 1.